The van der Waals surface area contributed by atoms with Gasteiger partial charge < -0.3 is 37.6 Å². The molecular formula is C29H41N5O6. The first-order valence-electron chi connectivity index (χ1n) is 13.4. The van der Waals surface area contributed by atoms with Crippen molar-refractivity contribution in [3.63, 3.8) is 0 Å². The average molecular weight is 556 g/mol. The van der Waals surface area contributed by atoms with E-state index in [1.54, 1.807) is 50.2 Å². The van der Waals surface area contributed by atoms with Crippen molar-refractivity contribution in [3.8, 4) is 5.75 Å². The zero-order valence-electron chi connectivity index (χ0n) is 23.0. The van der Waals surface area contributed by atoms with Crippen LogP contribution in [0.5, 0.6) is 5.75 Å². The third-order valence-electron chi connectivity index (χ3n) is 6.46. The van der Waals surface area contributed by atoms with Crippen molar-refractivity contribution in [1.29, 1.82) is 0 Å². The lowest BCUT2D eigenvalue weighted by Gasteiger charge is -2.26. The molecule has 0 spiro atoms. The summed E-state index contributed by atoms with van der Waals surface area (Å²) in [5.74, 6) is -3.35. The van der Waals surface area contributed by atoms with Crippen LogP contribution >= 0.6 is 0 Å². The molecule has 9 N–H and O–H groups in total. The number of carboxylic acids is 1. The van der Waals surface area contributed by atoms with Crippen LogP contribution in [0.15, 0.2) is 54.6 Å². The van der Waals surface area contributed by atoms with Gasteiger partial charge in [-0.05, 0) is 48.6 Å². The van der Waals surface area contributed by atoms with Crippen LogP contribution in [0, 0.1) is 5.92 Å². The second kappa shape index (κ2) is 16.2. The number of carbonyl (C=O) groups excluding carboxylic acids is 3. The number of rotatable bonds is 16. The summed E-state index contributed by atoms with van der Waals surface area (Å²) in [4.78, 5) is 51.4. The lowest BCUT2D eigenvalue weighted by molar-refractivity contribution is -0.143. The third-order valence-corrected chi connectivity index (χ3v) is 6.46. The van der Waals surface area contributed by atoms with E-state index in [-0.39, 0.29) is 18.6 Å². The summed E-state index contributed by atoms with van der Waals surface area (Å²) in [7, 11) is 0. The summed E-state index contributed by atoms with van der Waals surface area (Å²) in [5, 5.41) is 27.1. The van der Waals surface area contributed by atoms with Gasteiger partial charge in [-0.2, -0.15) is 0 Å². The second-order valence-corrected chi connectivity index (χ2v) is 10.1. The first kappa shape index (κ1) is 32.3. The van der Waals surface area contributed by atoms with Gasteiger partial charge in [-0.1, -0.05) is 62.7 Å². The summed E-state index contributed by atoms with van der Waals surface area (Å²) >= 11 is 0. The zero-order valence-corrected chi connectivity index (χ0v) is 23.0. The predicted molar refractivity (Wildman–Crippen MR) is 151 cm³/mol. The highest BCUT2D eigenvalue weighted by Gasteiger charge is 2.31. The van der Waals surface area contributed by atoms with Crippen molar-refractivity contribution in [2.45, 2.75) is 70.1 Å². The van der Waals surface area contributed by atoms with E-state index in [9.17, 15) is 29.4 Å². The van der Waals surface area contributed by atoms with Gasteiger partial charge in [0, 0.05) is 12.8 Å². The van der Waals surface area contributed by atoms with E-state index in [0.717, 1.165) is 5.56 Å². The quantitative estimate of drug-likeness (QED) is 0.148. The molecule has 0 heterocycles. The van der Waals surface area contributed by atoms with Gasteiger partial charge in [-0.3, -0.25) is 14.4 Å². The Kier molecular flexibility index (Phi) is 13.1. The maximum atomic E-state index is 13.6. The summed E-state index contributed by atoms with van der Waals surface area (Å²) in [6.07, 6.45) is 1.92. The van der Waals surface area contributed by atoms with E-state index in [4.69, 9.17) is 11.5 Å². The Morgan fingerprint density at radius 1 is 0.775 bits per heavy atom. The number of nitrogens with two attached hydrogens (primary N) is 2. The van der Waals surface area contributed by atoms with Crippen LogP contribution in [0.1, 0.15) is 44.2 Å². The topological polar surface area (TPSA) is 197 Å². The molecule has 2 aromatic rings. The normalized spacial score (nSPS) is 14.0. The van der Waals surface area contributed by atoms with Gasteiger partial charge in [0.2, 0.25) is 17.7 Å². The highest BCUT2D eigenvalue weighted by atomic mass is 16.4. The number of hydrogen-bond donors (Lipinski definition) is 7. The molecule has 11 nitrogen and oxygen atoms in total. The van der Waals surface area contributed by atoms with Crippen molar-refractivity contribution < 1.29 is 29.4 Å². The Balaban J connectivity index is 2.29. The lowest BCUT2D eigenvalue weighted by Crippen LogP contribution is -2.58. The first-order chi connectivity index (χ1) is 19.0. The minimum atomic E-state index is -1.19. The van der Waals surface area contributed by atoms with Gasteiger partial charge in [0.1, 0.15) is 23.9 Å². The first-order valence-corrected chi connectivity index (χ1v) is 13.4. The molecule has 0 bridgehead atoms. The number of aliphatic carboxylic acids is 1. The van der Waals surface area contributed by atoms with Crippen LogP contribution in [-0.2, 0) is 32.0 Å². The Labute approximate surface area is 234 Å². The van der Waals surface area contributed by atoms with E-state index in [1.165, 1.54) is 12.1 Å². The van der Waals surface area contributed by atoms with Crippen LogP contribution < -0.4 is 27.4 Å². The number of aromatic hydroxyl groups is 1. The number of carboxylic acid groups (broad SMARTS) is 1. The van der Waals surface area contributed by atoms with E-state index in [0.29, 0.717) is 31.4 Å². The minimum absolute atomic E-state index is 0.0495. The molecule has 11 heteroatoms. The molecule has 4 atom stereocenters. The molecule has 0 aliphatic carbocycles. The number of hydrogen-bond acceptors (Lipinski definition) is 7. The highest BCUT2D eigenvalue weighted by molar-refractivity contribution is 5.94. The van der Waals surface area contributed by atoms with Gasteiger partial charge in [0.05, 0.1) is 6.04 Å². The third kappa shape index (κ3) is 10.7. The number of nitrogens with one attached hydrogen (secondary N) is 3. The number of carbonyl (C=O) groups is 4. The Morgan fingerprint density at radius 3 is 1.82 bits per heavy atom. The minimum Gasteiger partial charge on any atom is -0.508 e. The lowest BCUT2D eigenvalue weighted by atomic mass is 10.00. The van der Waals surface area contributed by atoms with E-state index >= 15 is 0 Å². The molecule has 3 amide bonds. The van der Waals surface area contributed by atoms with Crippen molar-refractivity contribution in [2.75, 3.05) is 6.54 Å². The Morgan fingerprint density at radius 2 is 1.30 bits per heavy atom. The van der Waals surface area contributed by atoms with Crippen LogP contribution in [-0.4, -0.2) is 64.6 Å². The molecule has 40 heavy (non-hydrogen) atoms. The number of phenols is 1. The van der Waals surface area contributed by atoms with Crippen LogP contribution in [0.2, 0.25) is 0 Å². The molecule has 2 aromatic carbocycles. The SMILES string of the molecule is CC(C)C(NC(=O)C(Cc1ccccc1)NC(=O)C(Cc1ccc(O)cc1)NC(=O)C(N)CCCCN)C(=O)O. The zero-order chi connectivity index (χ0) is 29.7. The number of amides is 3. The fraction of sp³-hybridized carbons (Fsp3) is 0.448. The second-order valence-electron chi connectivity index (χ2n) is 10.1. The van der Waals surface area contributed by atoms with Crippen LogP contribution in [0.25, 0.3) is 0 Å². The van der Waals surface area contributed by atoms with E-state index in [2.05, 4.69) is 16.0 Å². The van der Waals surface area contributed by atoms with Gasteiger partial charge in [0.25, 0.3) is 0 Å². The van der Waals surface area contributed by atoms with Gasteiger partial charge in [0.15, 0.2) is 0 Å². The maximum absolute atomic E-state index is 13.6. The predicted octanol–water partition coefficient (Wildman–Crippen LogP) is 0.829. The summed E-state index contributed by atoms with van der Waals surface area (Å²) in [5.41, 5.74) is 13.0. The fourth-order valence-corrected chi connectivity index (χ4v) is 4.09. The van der Waals surface area contributed by atoms with E-state index in [1.807, 2.05) is 6.07 Å². The number of phenolic OH excluding ortho intramolecular Hbond substituents is 1. The summed E-state index contributed by atoms with van der Waals surface area (Å²) in [6, 6.07) is 10.9. The van der Waals surface area contributed by atoms with Gasteiger partial charge in [-0.25, -0.2) is 4.79 Å². The molecule has 0 fully saturated rings. The average Bonchev–Trinajstić information content (AvgIpc) is 2.92. The van der Waals surface area contributed by atoms with E-state index < -0.39 is 53.8 Å². The smallest absolute Gasteiger partial charge is 0.326 e. The molecule has 0 saturated carbocycles. The van der Waals surface area contributed by atoms with Crippen LogP contribution in [0.3, 0.4) is 0 Å². The van der Waals surface area contributed by atoms with Crippen molar-refractivity contribution >= 4 is 23.7 Å². The summed E-state index contributed by atoms with van der Waals surface area (Å²) < 4.78 is 0. The molecule has 0 aliphatic rings. The highest BCUT2D eigenvalue weighted by Crippen LogP contribution is 2.13. The standard InChI is InChI=1S/C29H41N5O6/c1-18(2)25(29(39)40)34-28(38)24(16-19-8-4-3-5-9-19)33-27(37)23(17-20-11-13-21(35)14-12-20)32-26(36)22(31)10-6-7-15-30/h3-5,8-9,11-14,18,22-25,35H,6-7,10,15-17,30-31H2,1-2H3,(H,32,36)(H,33,37)(H,34,38)(H,39,40). The number of benzene rings is 2. The summed E-state index contributed by atoms with van der Waals surface area (Å²) in [6.45, 7) is 3.82. The monoisotopic (exact) mass is 555 g/mol. The molecular weight excluding hydrogens is 514 g/mol. The van der Waals surface area contributed by atoms with Gasteiger partial charge in [-0.15, -0.1) is 0 Å². The van der Waals surface area contributed by atoms with Gasteiger partial charge >= 0.3 is 5.97 Å². The Hall–Kier alpha value is -3.96. The van der Waals surface area contributed by atoms with Crippen molar-refractivity contribution in [3.05, 3.63) is 65.7 Å². The van der Waals surface area contributed by atoms with Crippen LogP contribution in [0.4, 0.5) is 0 Å². The van der Waals surface area contributed by atoms with Crippen molar-refractivity contribution in [1.82, 2.24) is 16.0 Å². The molecule has 0 radical (unpaired) electrons. The fourth-order valence-electron chi connectivity index (χ4n) is 4.09. The Bertz CT molecular complexity index is 1110. The molecule has 218 valence electrons. The molecule has 0 saturated heterocycles. The molecule has 0 aromatic heterocycles. The number of unbranched alkanes of at least 4 members (excludes halogenated alkanes) is 1. The molecule has 4 unspecified atom stereocenters. The maximum Gasteiger partial charge on any atom is 0.326 e. The van der Waals surface area contributed by atoms with Crippen molar-refractivity contribution in [2.24, 2.45) is 17.4 Å². The largest absolute Gasteiger partial charge is 0.508 e. The molecule has 2 rings (SSSR count). The molecule has 0 aliphatic heterocycles.